The van der Waals surface area contributed by atoms with Crippen molar-refractivity contribution in [2.45, 2.75) is 25.3 Å². The second-order valence-corrected chi connectivity index (χ2v) is 7.54. The number of benzene rings is 1. The Kier molecular flexibility index (Phi) is 6.80. The summed E-state index contributed by atoms with van der Waals surface area (Å²) in [6.07, 6.45) is 0. The molecule has 120 valence electrons. The van der Waals surface area contributed by atoms with Gasteiger partial charge in [0.15, 0.2) is 0 Å². The van der Waals surface area contributed by atoms with E-state index in [0.717, 1.165) is 17.7 Å². The topological polar surface area (TPSA) is 52.7 Å². The first-order chi connectivity index (χ1) is 9.78. The molecule has 0 atom stereocenters. The Morgan fingerprint density at radius 2 is 1.81 bits per heavy atom. The molecule has 0 aromatic heterocycles. The van der Waals surface area contributed by atoms with Crippen LogP contribution in [0, 0.1) is 6.92 Å². The SMILES string of the molecule is CCNCc1cc(S(=O)(=O)N(C)CCN(C)C)ccc1C. The summed E-state index contributed by atoms with van der Waals surface area (Å²) in [5.74, 6) is 0. The molecule has 1 N–H and O–H groups in total. The molecule has 1 aromatic carbocycles. The first-order valence-corrected chi connectivity index (χ1v) is 8.64. The molecule has 0 saturated heterocycles. The second-order valence-electron chi connectivity index (χ2n) is 5.50. The number of aryl methyl sites for hydroxylation is 1. The van der Waals surface area contributed by atoms with Crippen LogP contribution in [0.1, 0.15) is 18.1 Å². The zero-order valence-corrected chi connectivity index (χ0v) is 14.5. The van der Waals surface area contributed by atoms with Gasteiger partial charge in [-0.25, -0.2) is 8.42 Å². The average Bonchev–Trinajstić information content (AvgIpc) is 2.43. The highest BCUT2D eigenvalue weighted by atomic mass is 32.2. The van der Waals surface area contributed by atoms with Crippen molar-refractivity contribution in [3.8, 4) is 0 Å². The van der Waals surface area contributed by atoms with Gasteiger partial charge in [0.25, 0.3) is 0 Å². The summed E-state index contributed by atoms with van der Waals surface area (Å²) in [4.78, 5) is 2.33. The molecule has 1 aromatic rings. The van der Waals surface area contributed by atoms with Gasteiger partial charge in [-0.2, -0.15) is 4.31 Å². The number of hydrogen-bond acceptors (Lipinski definition) is 4. The van der Waals surface area contributed by atoms with Gasteiger partial charge in [0, 0.05) is 26.7 Å². The molecule has 5 nitrogen and oxygen atoms in total. The van der Waals surface area contributed by atoms with Crippen LogP contribution in [-0.4, -0.2) is 58.4 Å². The van der Waals surface area contributed by atoms with Gasteiger partial charge in [0.1, 0.15) is 0 Å². The molecule has 0 heterocycles. The third-order valence-electron chi connectivity index (χ3n) is 3.46. The van der Waals surface area contributed by atoms with Crippen LogP contribution in [0.3, 0.4) is 0 Å². The number of nitrogens with one attached hydrogen (secondary N) is 1. The van der Waals surface area contributed by atoms with E-state index in [4.69, 9.17) is 0 Å². The minimum Gasteiger partial charge on any atom is -0.313 e. The van der Waals surface area contributed by atoms with E-state index in [1.54, 1.807) is 19.2 Å². The fraction of sp³-hybridized carbons (Fsp3) is 0.600. The van der Waals surface area contributed by atoms with Crippen LogP contribution < -0.4 is 5.32 Å². The fourth-order valence-corrected chi connectivity index (χ4v) is 3.11. The van der Waals surface area contributed by atoms with E-state index in [2.05, 4.69) is 5.32 Å². The van der Waals surface area contributed by atoms with E-state index in [1.807, 2.05) is 38.9 Å². The molecule has 0 radical (unpaired) electrons. The maximum Gasteiger partial charge on any atom is 0.242 e. The minimum absolute atomic E-state index is 0.363. The van der Waals surface area contributed by atoms with Crippen LogP contribution in [0.4, 0.5) is 0 Å². The third kappa shape index (κ3) is 5.07. The van der Waals surface area contributed by atoms with Crippen LogP contribution in [0.2, 0.25) is 0 Å². The Labute approximate surface area is 129 Å². The minimum atomic E-state index is -3.42. The van der Waals surface area contributed by atoms with Crippen molar-refractivity contribution >= 4 is 10.0 Å². The van der Waals surface area contributed by atoms with Crippen LogP contribution in [0.25, 0.3) is 0 Å². The van der Waals surface area contributed by atoms with Crippen molar-refractivity contribution in [3.63, 3.8) is 0 Å². The van der Waals surface area contributed by atoms with E-state index in [1.165, 1.54) is 4.31 Å². The van der Waals surface area contributed by atoms with Crippen LogP contribution in [0.15, 0.2) is 23.1 Å². The fourth-order valence-electron chi connectivity index (χ4n) is 1.90. The number of nitrogens with zero attached hydrogens (tertiary/aromatic N) is 2. The second kappa shape index (κ2) is 7.89. The highest BCUT2D eigenvalue weighted by molar-refractivity contribution is 7.89. The largest absolute Gasteiger partial charge is 0.313 e. The van der Waals surface area contributed by atoms with E-state index in [-0.39, 0.29) is 0 Å². The van der Waals surface area contributed by atoms with Gasteiger partial charge >= 0.3 is 0 Å². The molecule has 0 fully saturated rings. The predicted molar refractivity (Wildman–Crippen MR) is 86.9 cm³/mol. The molecular formula is C15H27N3O2S. The molecule has 0 aliphatic carbocycles. The Morgan fingerprint density at radius 1 is 1.14 bits per heavy atom. The lowest BCUT2D eigenvalue weighted by molar-refractivity contribution is 0.358. The highest BCUT2D eigenvalue weighted by Gasteiger charge is 2.21. The summed E-state index contributed by atoms with van der Waals surface area (Å²) in [5, 5.41) is 3.24. The van der Waals surface area contributed by atoms with Gasteiger partial charge in [-0.15, -0.1) is 0 Å². The summed E-state index contributed by atoms with van der Waals surface area (Å²) < 4.78 is 26.5. The number of rotatable bonds is 8. The maximum atomic E-state index is 12.6. The first kappa shape index (κ1) is 18.1. The Morgan fingerprint density at radius 3 is 2.38 bits per heavy atom. The quantitative estimate of drug-likeness (QED) is 0.786. The van der Waals surface area contributed by atoms with Gasteiger partial charge in [-0.1, -0.05) is 13.0 Å². The van der Waals surface area contributed by atoms with Crippen molar-refractivity contribution in [2.24, 2.45) is 0 Å². The normalized spacial score (nSPS) is 12.3. The maximum absolute atomic E-state index is 12.6. The molecule has 6 heteroatoms. The van der Waals surface area contributed by atoms with Gasteiger partial charge in [0.05, 0.1) is 4.90 Å². The summed E-state index contributed by atoms with van der Waals surface area (Å²) in [6.45, 7) is 6.76. The lowest BCUT2D eigenvalue weighted by Crippen LogP contribution is -2.33. The first-order valence-electron chi connectivity index (χ1n) is 7.20. The van der Waals surface area contributed by atoms with E-state index in [9.17, 15) is 8.42 Å². The van der Waals surface area contributed by atoms with Gasteiger partial charge in [-0.3, -0.25) is 0 Å². The summed E-state index contributed by atoms with van der Waals surface area (Å²) in [5.41, 5.74) is 2.13. The summed E-state index contributed by atoms with van der Waals surface area (Å²) in [7, 11) is 2.07. The Hall–Kier alpha value is -0.950. The van der Waals surface area contributed by atoms with Crippen LogP contribution in [-0.2, 0) is 16.6 Å². The monoisotopic (exact) mass is 313 g/mol. The van der Waals surface area contributed by atoms with Crippen molar-refractivity contribution in [1.29, 1.82) is 0 Å². The molecule has 0 aliphatic rings. The molecule has 0 bridgehead atoms. The van der Waals surface area contributed by atoms with Crippen LogP contribution in [0.5, 0.6) is 0 Å². The number of likely N-dealkylation sites (N-methyl/N-ethyl adjacent to an activating group) is 2. The zero-order chi connectivity index (χ0) is 16.0. The summed E-state index contributed by atoms with van der Waals surface area (Å²) >= 11 is 0. The zero-order valence-electron chi connectivity index (χ0n) is 13.7. The third-order valence-corrected chi connectivity index (χ3v) is 5.31. The Bertz CT molecular complexity index is 556. The van der Waals surface area contributed by atoms with Crippen molar-refractivity contribution in [3.05, 3.63) is 29.3 Å². The molecule has 0 unspecified atom stereocenters. The van der Waals surface area contributed by atoms with Crippen molar-refractivity contribution in [2.75, 3.05) is 40.8 Å². The van der Waals surface area contributed by atoms with Crippen LogP contribution >= 0.6 is 0 Å². The molecule has 0 amide bonds. The molecule has 21 heavy (non-hydrogen) atoms. The van der Waals surface area contributed by atoms with Gasteiger partial charge in [-0.05, 0) is 50.8 Å². The smallest absolute Gasteiger partial charge is 0.242 e. The molecule has 0 spiro atoms. The molecule has 0 aliphatic heterocycles. The Balaban J connectivity index is 2.97. The van der Waals surface area contributed by atoms with Gasteiger partial charge < -0.3 is 10.2 Å². The van der Waals surface area contributed by atoms with E-state index < -0.39 is 10.0 Å². The lowest BCUT2D eigenvalue weighted by atomic mass is 10.1. The van der Waals surface area contributed by atoms with Gasteiger partial charge in [0.2, 0.25) is 10.0 Å². The lowest BCUT2D eigenvalue weighted by Gasteiger charge is -2.20. The number of hydrogen-bond donors (Lipinski definition) is 1. The highest BCUT2D eigenvalue weighted by Crippen LogP contribution is 2.18. The molecule has 1 rings (SSSR count). The predicted octanol–water partition coefficient (Wildman–Crippen LogP) is 1.29. The van der Waals surface area contributed by atoms with E-state index >= 15 is 0 Å². The van der Waals surface area contributed by atoms with Crippen molar-refractivity contribution in [1.82, 2.24) is 14.5 Å². The standard InChI is InChI=1S/C15H27N3O2S/c1-6-16-12-14-11-15(8-7-13(14)2)21(19,20)18(5)10-9-17(3)4/h7-8,11,16H,6,9-10,12H2,1-5H3. The number of sulfonamides is 1. The molecule has 0 saturated carbocycles. The summed E-state index contributed by atoms with van der Waals surface area (Å²) in [6, 6.07) is 5.34. The average molecular weight is 313 g/mol. The van der Waals surface area contributed by atoms with E-state index in [0.29, 0.717) is 24.5 Å². The molecular weight excluding hydrogens is 286 g/mol. The van der Waals surface area contributed by atoms with Crippen molar-refractivity contribution < 1.29 is 8.42 Å².